The molecule has 0 bridgehead atoms. The molecule has 0 amide bonds. The average Bonchev–Trinajstić information content (AvgIpc) is 2.42. The molecule has 4 nitrogen and oxygen atoms in total. The summed E-state index contributed by atoms with van der Waals surface area (Å²) in [4.78, 5) is 20.0. The SMILES string of the molecule is N#CC(C(=O)c1cccnc1)c1ccccn1. The van der Waals surface area contributed by atoms with Gasteiger partial charge in [0, 0.05) is 24.2 Å². The Balaban J connectivity index is 2.33. The number of nitrogens with zero attached hydrogens (tertiary/aromatic N) is 3. The standard InChI is InChI=1S/C13H9N3O/c14-8-11(12-5-1-2-7-16-12)13(17)10-4-3-6-15-9-10/h1-7,9,11H. The predicted molar refractivity (Wildman–Crippen MR) is 61.2 cm³/mol. The molecule has 1 unspecified atom stereocenters. The number of ketones is 1. The van der Waals surface area contributed by atoms with Crippen LogP contribution in [0.3, 0.4) is 0 Å². The molecular weight excluding hydrogens is 214 g/mol. The molecule has 0 aliphatic rings. The van der Waals surface area contributed by atoms with Crippen LogP contribution in [0.2, 0.25) is 0 Å². The van der Waals surface area contributed by atoms with Crippen molar-refractivity contribution < 1.29 is 4.79 Å². The lowest BCUT2D eigenvalue weighted by Crippen LogP contribution is -2.12. The lowest BCUT2D eigenvalue weighted by Gasteiger charge is -2.06. The van der Waals surface area contributed by atoms with Gasteiger partial charge in [-0.15, -0.1) is 0 Å². The van der Waals surface area contributed by atoms with E-state index < -0.39 is 5.92 Å². The van der Waals surface area contributed by atoms with E-state index in [0.29, 0.717) is 11.3 Å². The molecule has 0 saturated carbocycles. The summed E-state index contributed by atoms with van der Waals surface area (Å²) in [5, 5.41) is 9.08. The predicted octanol–water partition coefficient (Wildman–Crippen LogP) is 1.97. The van der Waals surface area contributed by atoms with Gasteiger partial charge in [0.15, 0.2) is 11.7 Å². The first-order valence-corrected chi connectivity index (χ1v) is 5.07. The number of hydrogen-bond donors (Lipinski definition) is 0. The molecule has 0 saturated heterocycles. The highest BCUT2D eigenvalue weighted by molar-refractivity contribution is 6.02. The third-order valence-corrected chi connectivity index (χ3v) is 2.32. The van der Waals surface area contributed by atoms with Crippen LogP contribution in [0.25, 0.3) is 0 Å². The van der Waals surface area contributed by atoms with Crippen molar-refractivity contribution in [3.05, 3.63) is 60.2 Å². The van der Waals surface area contributed by atoms with Crippen LogP contribution in [0.15, 0.2) is 48.9 Å². The molecule has 0 N–H and O–H groups in total. The Morgan fingerprint density at radius 3 is 2.71 bits per heavy atom. The minimum absolute atomic E-state index is 0.278. The van der Waals surface area contributed by atoms with E-state index in [1.807, 2.05) is 6.07 Å². The minimum atomic E-state index is -0.875. The van der Waals surface area contributed by atoms with Gasteiger partial charge in [0.1, 0.15) is 0 Å². The Morgan fingerprint density at radius 2 is 2.12 bits per heavy atom. The first kappa shape index (κ1) is 11.0. The van der Waals surface area contributed by atoms with E-state index in [1.165, 1.54) is 6.20 Å². The third-order valence-electron chi connectivity index (χ3n) is 2.32. The molecule has 2 aromatic rings. The minimum Gasteiger partial charge on any atom is -0.292 e. The number of hydrogen-bond acceptors (Lipinski definition) is 4. The number of rotatable bonds is 3. The fraction of sp³-hybridized carbons (Fsp3) is 0.0769. The van der Waals surface area contributed by atoms with Crippen LogP contribution in [0.4, 0.5) is 0 Å². The van der Waals surface area contributed by atoms with E-state index in [-0.39, 0.29) is 5.78 Å². The van der Waals surface area contributed by atoms with E-state index in [9.17, 15) is 4.79 Å². The Labute approximate surface area is 98.6 Å². The first-order valence-electron chi connectivity index (χ1n) is 5.07. The molecule has 0 radical (unpaired) electrons. The van der Waals surface area contributed by atoms with Crippen molar-refractivity contribution in [1.29, 1.82) is 5.26 Å². The molecule has 1 atom stereocenters. The molecule has 82 valence electrons. The molecule has 0 spiro atoms. The van der Waals surface area contributed by atoms with Gasteiger partial charge in [0.05, 0.1) is 11.8 Å². The van der Waals surface area contributed by atoms with Crippen molar-refractivity contribution in [2.75, 3.05) is 0 Å². The van der Waals surface area contributed by atoms with Crippen molar-refractivity contribution in [2.45, 2.75) is 5.92 Å². The van der Waals surface area contributed by atoms with Gasteiger partial charge in [0.2, 0.25) is 0 Å². The Kier molecular flexibility index (Phi) is 3.22. The molecule has 4 heteroatoms. The average molecular weight is 223 g/mol. The second-order valence-corrected chi connectivity index (χ2v) is 3.42. The maximum absolute atomic E-state index is 12.1. The summed E-state index contributed by atoms with van der Waals surface area (Å²) in [5.41, 5.74) is 0.883. The van der Waals surface area contributed by atoms with Gasteiger partial charge in [-0.3, -0.25) is 14.8 Å². The van der Waals surface area contributed by atoms with Crippen LogP contribution in [-0.2, 0) is 0 Å². The fourth-order valence-corrected chi connectivity index (χ4v) is 1.48. The molecule has 2 heterocycles. The van der Waals surface area contributed by atoms with Crippen LogP contribution in [0, 0.1) is 11.3 Å². The smallest absolute Gasteiger partial charge is 0.187 e. The summed E-state index contributed by atoms with van der Waals surface area (Å²) in [7, 11) is 0. The van der Waals surface area contributed by atoms with Crippen LogP contribution >= 0.6 is 0 Å². The summed E-state index contributed by atoms with van der Waals surface area (Å²) in [6, 6.07) is 10.4. The van der Waals surface area contributed by atoms with Gasteiger partial charge >= 0.3 is 0 Å². The molecule has 0 aliphatic heterocycles. The van der Waals surface area contributed by atoms with E-state index in [4.69, 9.17) is 5.26 Å². The van der Waals surface area contributed by atoms with E-state index in [2.05, 4.69) is 9.97 Å². The molecule has 17 heavy (non-hydrogen) atoms. The normalized spacial score (nSPS) is 11.5. The highest BCUT2D eigenvalue weighted by Gasteiger charge is 2.22. The van der Waals surface area contributed by atoms with Crippen molar-refractivity contribution in [1.82, 2.24) is 9.97 Å². The van der Waals surface area contributed by atoms with Gasteiger partial charge in [-0.25, -0.2) is 0 Å². The molecular formula is C13H9N3O. The lowest BCUT2D eigenvalue weighted by atomic mass is 9.96. The summed E-state index contributed by atoms with van der Waals surface area (Å²) in [6.07, 6.45) is 4.60. The summed E-state index contributed by atoms with van der Waals surface area (Å²) in [6.45, 7) is 0. The second-order valence-electron chi connectivity index (χ2n) is 3.42. The van der Waals surface area contributed by atoms with Crippen molar-refractivity contribution in [3.8, 4) is 6.07 Å². The van der Waals surface area contributed by atoms with Gasteiger partial charge < -0.3 is 0 Å². The molecule has 0 aromatic carbocycles. The molecule has 2 aromatic heterocycles. The number of carbonyl (C=O) groups is 1. The highest BCUT2D eigenvalue weighted by Crippen LogP contribution is 2.17. The summed E-state index contributed by atoms with van der Waals surface area (Å²) < 4.78 is 0. The van der Waals surface area contributed by atoms with Crippen LogP contribution in [0.5, 0.6) is 0 Å². The summed E-state index contributed by atoms with van der Waals surface area (Å²) in [5.74, 6) is -1.15. The maximum Gasteiger partial charge on any atom is 0.187 e. The molecule has 2 rings (SSSR count). The number of nitriles is 1. The number of aromatic nitrogens is 2. The van der Waals surface area contributed by atoms with Gasteiger partial charge in [-0.05, 0) is 24.3 Å². The number of pyridine rings is 2. The van der Waals surface area contributed by atoms with Gasteiger partial charge in [-0.2, -0.15) is 5.26 Å². The zero-order chi connectivity index (χ0) is 12.1. The van der Waals surface area contributed by atoms with Gasteiger partial charge in [-0.1, -0.05) is 6.07 Å². The van der Waals surface area contributed by atoms with Gasteiger partial charge in [0.25, 0.3) is 0 Å². The number of Topliss-reactive ketones (excluding diaryl/α,β-unsaturated/α-hetero) is 1. The largest absolute Gasteiger partial charge is 0.292 e. The van der Waals surface area contributed by atoms with Crippen molar-refractivity contribution >= 4 is 5.78 Å². The Morgan fingerprint density at radius 1 is 1.24 bits per heavy atom. The Hall–Kier alpha value is -2.54. The van der Waals surface area contributed by atoms with E-state index in [1.54, 1.807) is 42.7 Å². The van der Waals surface area contributed by atoms with Crippen molar-refractivity contribution in [3.63, 3.8) is 0 Å². The summed E-state index contributed by atoms with van der Waals surface area (Å²) >= 11 is 0. The second kappa shape index (κ2) is 4.99. The van der Waals surface area contributed by atoms with Crippen LogP contribution in [-0.4, -0.2) is 15.8 Å². The maximum atomic E-state index is 12.1. The monoisotopic (exact) mass is 223 g/mol. The first-order chi connectivity index (χ1) is 8.33. The molecule has 0 fully saturated rings. The lowest BCUT2D eigenvalue weighted by molar-refractivity contribution is 0.0977. The van der Waals surface area contributed by atoms with E-state index in [0.717, 1.165) is 0 Å². The van der Waals surface area contributed by atoms with E-state index >= 15 is 0 Å². The quantitative estimate of drug-likeness (QED) is 0.746. The topological polar surface area (TPSA) is 66.6 Å². The number of carbonyl (C=O) groups excluding carboxylic acids is 1. The zero-order valence-electron chi connectivity index (χ0n) is 8.95. The van der Waals surface area contributed by atoms with Crippen molar-refractivity contribution in [2.24, 2.45) is 0 Å². The third kappa shape index (κ3) is 2.34. The van der Waals surface area contributed by atoms with Crippen LogP contribution < -0.4 is 0 Å². The highest BCUT2D eigenvalue weighted by atomic mass is 16.1. The fourth-order valence-electron chi connectivity index (χ4n) is 1.48. The van der Waals surface area contributed by atoms with Crippen LogP contribution in [0.1, 0.15) is 22.0 Å². The Bertz CT molecular complexity index is 546. The molecule has 0 aliphatic carbocycles. The zero-order valence-corrected chi connectivity index (χ0v) is 8.95.